The van der Waals surface area contributed by atoms with Crippen LogP contribution in [0.4, 0.5) is 5.82 Å². The summed E-state index contributed by atoms with van der Waals surface area (Å²) in [5, 5.41) is 14.1. The van der Waals surface area contributed by atoms with E-state index in [9.17, 15) is 4.79 Å². The largest absolute Gasteiger partial charge is 0.381 e. The number of nitrogens with one attached hydrogen (secondary N) is 2. The van der Waals surface area contributed by atoms with Gasteiger partial charge in [-0.2, -0.15) is 0 Å². The minimum absolute atomic E-state index is 0.165. The maximum absolute atomic E-state index is 12.0. The van der Waals surface area contributed by atoms with Crippen molar-refractivity contribution in [2.45, 2.75) is 44.8 Å². The molecule has 1 aliphatic rings. The van der Waals surface area contributed by atoms with Crippen LogP contribution in [0.5, 0.6) is 0 Å². The second-order valence-electron chi connectivity index (χ2n) is 5.07. The molecule has 2 atom stereocenters. The van der Waals surface area contributed by atoms with Crippen LogP contribution in [0.25, 0.3) is 0 Å². The lowest BCUT2D eigenvalue weighted by molar-refractivity contribution is 0.0909. The van der Waals surface area contributed by atoms with E-state index < -0.39 is 0 Å². The van der Waals surface area contributed by atoms with Crippen LogP contribution in [-0.2, 0) is 4.74 Å². The minimum Gasteiger partial charge on any atom is -0.381 e. The predicted molar refractivity (Wildman–Crippen MR) is 76.7 cm³/mol. The Kier molecular flexibility index (Phi) is 5.29. The Morgan fingerprint density at radius 1 is 1.40 bits per heavy atom. The van der Waals surface area contributed by atoms with Gasteiger partial charge in [-0.1, -0.05) is 6.92 Å². The summed E-state index contributed by atoms with van der Waals surface area (Å²) in [5.74, 6) is 0.532. The van der Waals surface area contributed by atoms with Gasteiger partial charge in [0.2, 0.25) is 0 Å². The number of methoxy groups -OCH3 is 1. The molecule has 0 aromatic carbocycles. The average Bonchev–Trinajstić information content (AvgIpc) is 2.93. The van der Waals surface area contributed by atoms with Crippen LogP contribution >= 0.6 is 0 Å². The van der Waals surface area contributed by atoms with E-state index in [4.69, 9.17) is 4.74 Å². The zero-order valence-electron chi connectivity index (χ0n) is 12.1. The molecule has 2 rings (SSSR count). The Bertz CT molecular complexity index is 435. The number of hydrogen-bond acceptors (Lipinski definition) is 5. The second kappa shape index (κ2) is 7.19. The van der Waals surface area contributed by atoms with Crippen molar-refractivity contribution in [3.63, 3.8) is 0 Å². The van der Waals surface area contributed by atoms with Crippen molar-refractivity contribution >= 4 is 11.7 Å². The zero-order chi connectivity index (χ0) is 14.4. The molecule has 110 valence electrons. The van der Waals surface area contributed by atoms with Crippen molar-refractivity contribution in [3.05, 3.63) is 17.8 Å². The SMILES string of the molecule is CCCNc1ccc(C(=O)NC2CCC(OC)C2)nn1. The molecule has 0 saturated heterocycles. The van der Waals surface area contributed by atoms with Gasteiger partial charge in [-0.25, -0.2) is 0 Å². The van der Waals surface area contributed by atoms with Gasteiger partial charge in [0.15, 0.2) is 5.69 Å². The Balaban J connectivity index is 1.86. The Morgan fingerprint density at radius 3 is 2.85 bits per heavy atom. The van der Waals surface area contributed by atoms with Crippen LogP contribution in [0.3, 0.4) is 0 Å². The van der Waals surface area contributed by atoms with E-state index >= 15 is 0 Å². The van der Waals surface area contributed by atoms with Gasteiger partial charge in [0, 0.05) is 19.7 Å². The number of nitrogens with zero attached hydrogens (tertiary/aromatic N) is 2. The van der Waals surface area contributed by atoms with Crippen molar-refractivity contribution < 1.29 is 9.53 Å². The first-order valence-electron chi connectivity index (χ1n) is 7.14. The highest BCUT2D eigenvalue weighted by atomic mass is 16.5. The maximum atomic E-state index is 12.0. The summed E-state index contributed by atoms with van der Waals surface area (Å²) in [7, 11) is 1.71. The average molecular weight is 278 g/mol. The van der Waals surface area contributed by atoms with Gasteiger partial charge in [0.25, 0.3) is 5.91 Å². The summed E-state index contributed by atoms with van der Waals surface area (Å²) in [5.41, 5.74) is 0.355. The fourth-order valence-electron chi connectivity index (χ4n) is 2.35. The molecule has 6 heteroatoms. The molecular formula is C14H22N4O2. The number of amides is 1. The Hall–Kier alpha value is -1.69. The summed E-state index contributed by atoms with van der Waals surface area (Å²) in [6.45, 7) is 2.93. The number of ether oxygens (including phenoxy) is 1. The van der Waals surface area contributed by atoms with Crippen LogP contribution in [0.2, 0.25) is 0 Å². The van der Waals surface area contributed by atoms with Crippen molar-refractivity contribution in [1.82, 2.24) is 15.5 Å². The third-order valence-electron chi connectivity index (χ3n) is 3.51. The van der Waals surface area contributed by atoms with Crippen LogP contribution in [0.15, 0.2) is 12.1 Å². The normalized spacial score (nSPS) is 21.7. The van der Waals surface area contributed by atoms with Crippen LogP contribution < -0.4 is 10.6 Å². The molecule has 1 heterocycles. The Morgan fingerprint density at radius 2 is 2.25 bits per heavy atom. The van der Waals surface area contributed by atoms with E-state index in [1.807, 2.05) is 0 Å². The van der Waals surface area contributed by atoms with Crippen molar-refractivity contribution in [2.24, 2.45) is 0 Å². The van der Waals surface area contributed by atoms with Gasteiger partial charge in [0.1, 0.15) is 5.82 Å². The molecule has 2 N–H and O–H groups in total. The number of carbonyl (C=O) groups excluding carboxylic acids is 1. The molecule has 1 amide bonds. The van der Waals surface area contributed by atoms with Gasteiger partial charge in [-0.3, -0.25) is 4.79 Å². The smallest absolute Gasteiger partial charge is 0.272 e. The molecule has 1 aliphatic carbocycles. The van der Waals surface area contributed by atoms with Gasteiger partial charge in [-0.05, 0) is 37.8 Å². The molecular weight excluding hydrogens is 256 g/mol. The summed E-state index contributed by atoms with van der Waals surface area (Å²) in [6, 6.07) is 3.65. The summed E-state index contributed by atoms with van der Waals surface area (Å²) in [4.78, 5) is 12.0. The summed E-state index contributed by atoms with van der Waals surface area (Å²) >= 11 is 0. The van der Waals surface area contributed by atoms with E-state index in [-0.39, 0.29) is 18.1 Å². The maximum Gasteiger partial charge on any atom is 0.272 e. The van der Waals surface area contributed by atoms with E-state index in [2.05, 4.69) is 27.8 Å². The van der Waals surface area contributed by atoms with Crippen molar-refractivity contribution in [1.29, 1.82) is 0 Å². The molecule has 0 aliphatic heterocycles. The van der Waals surface area contributed by atoms with Crippen molar-refractivity contribution in [3.8, 4) is 0 Å². The lowest BCUT2D eigenvalue weighted by atomic mass is 10.2. The third kappa shape index (κ3) is 3.90. The van der Waals surface area contributed by atoms with Gasteiger partial charge in [0.05, 0.1) is 6.10 Å². The molecule has 2 unspecified atom stereocenters. The summed E-state index contributed by atoms with van der Waals surface area (Å²) in [6.07, 6.45) is 4.09. The number of aromatic nitrogens is 2. The number of anilines is 1. The lowest BCUT2D eigenvalue weighted by Gasteiger charge is -2.12. The van der Waals surface area contributed by atoms with E-state index in [0.717, 1.165) is 32.2 Å². The molecule has 1 saturated carbocycles. The fraction of sp³-hybridized carbons (Fsp3) is 0.643. The molecule has 1 fully saturated rings. The van der Waals surface area contributed by atoms with E-state index in [1.54, 1.807) is 19.2 Å². The predicted octanol–water partition coefficient (Wildman–Crippen LogP) is 1.60. The number of rotatable bonds is 6. The third-order valence-corrected chi connectivity index (χ3v) is 3.51. The highest BCUT2D eigenvalue weighted by Crippen LogP contribution is 2.21. The molecule has 0 radical (unpaired) electrons. The topological polar surface area (TPSA) is 76.1 Å². The van der Waals surface area contributed by atoms with Crippen LogP contribution in [0, 0.1) is 0 Å². The highest BCUT2D eigenvalue weighted by Gasteiger charge is 2.26. The molecule has 1 aromatic heterocycles. The lowest BCUT2D eigenvalue weighted by Crippen LogP contribution is -2.34. The van der Waals surface area contributed by atoms with E-state index in [1.165, 1.54) is 0 Å². The molecule has 20 heavy (non-hydrogen) atoms. The first-order chi connectivity index (χ1) is 9.72. The number of carbonyl (C=O) groups is 1. The van der Waals surface area contributed by atoms with Crippen LogP contribution in [-0.4, -0.2) is 41.9 Å². The first-order valence-corrected chi connectivity index (χ1v) is 7.14. The standard InChI is InChI=1S/C14H22N4O2/c1-3-8-15-13-7-6-12(17-18-13)14(19)16-10-4-5-11(9-10)20-2/h6-7,10-11H,3-5,8-9H2,1-2H3,(H,15,18)(H,16,19). The minimum atomic E-state index is -0.165. The molecule has 6 nitrogen and oxygen atoms in total. The molecule has 0 bridgehead atoms. The highest BCUT2D eigenvalue weighted by molar-refractivity contribution is 5.92. The van der Waals surface area contributed by atoms with E-state index in [0.29, 0.717) is 11.5 Å². The first kappa shape index (κ1) is 14.7. The van der Waals surface area contributed by atoms with Gasteiger partial charge < -0.3 is 15.4 Å². The number of hydrogen-bond donors (Lipinski definition) is 2. The molecule has 1 aromatic rings. The second-order valence-corrected chi connectivity index (χ2v) is 5.07. The molecule has 0 spiro atoms. The van der Waals surface area contributed by atoms with Gasteiger partial charge >= 0.3 is 0 Å². The van der Waals surface area contributed by atoms with Crippen molar-refractivity contribution in [2.75, 3.05) is 19.0 Å². The Labute approximate surface area is 119 Å². The van der Waals surface area contributed by atoms with Crippen LogP contribution in [0.1, 0.15) is 43.1 Å². The quantitative estimate of drug-likeness (QED) is 0.826. The monoisotopic (exact) mass is 278 g/mol. The summed E-state index contributed by atoms with van der Waals surface area (Å²) < 4.78 is 5.29. The van der Waals surface area contributed by atoms with Gasteiger partial charge in [-0.15, -0.1) is 10.2 Å². The zero-order valence-corrected chi connectivity index (χ0v) is 12.1. The fourth-order valence-corrected chi connectivity index (χ4v) is 2.35.